The summed E-state index contributed by atoms with van der Waals surface area (Å²) in [7, 11) is 0. The van der Waals surface area contributed by atoms with Gasteiger partial charge < -0.3 is 10.1 Å². The average Bonchev–Trinajstić information content (AvgIpc) is 2.73. The van der Waals surface area contributed by atoms with Gasteiger partial charge in [0.2, 0.25) is 5.88 Å². The van der Waals surface area contributed by atoms with Gasteiger partial charge in [0.15, 0.2) is 0 Å². The second-order valence-electron chi connectivity index (χ2n) is 9.89. The van der Waals surface area contributed by atoms with Crippen molar-refractivity contribution in [3.8, 4) is 5.88 Å². The number of anilines is 1. The minimum Gasteiger partial charge on any atom is -0.472 e. The van der Waals surface area contributed by atoms with Gasteiger partial charge in [-0.15, -0.1) is 0 Å². The van der Waals surface area contributed by atoms with Crippen molar-refractivity contribution >= 4 is 11.6 Å². The first kappa shape index (κ1) is 23.4. The van der Waals surface area contributed by atoms with E-state index in [1.165, 1.54) is 30.7 Å². The molecule has 168 valence electrons. The summed E-state index contributed by atoms with van der Waals surface area (Å²) in [5.74, 6) is -0.360. The third kappa shape index (κ3) is 5.90. The van der Waals surface area contributed by atoms with Crippen molar-refractivity contribution in [3.63, 3.8) is 0 Å². The Bertz CT molecular complexity index is 1070. The Hall–Kier alpha value is -3.28. The van der Waals surface area contributed by atoms with Gasteiger partial charge >= 0.3 is 0 Å². The Balaban J connectivity index is 1.84. The molecule has 0 aliphatic heterocycles. The van der Waals surface area contributed by atoms with E-state index >= 15 is 0 Å². The van der Waals surface area contributed by atoms with Crippen molar-refractivity contribution in [2.24, 2.45) is 0 Å². The van der Waals surface area contributed by atoms with Crippen LogP contribution in [0.4, 0.5) is 10.1 Å². The van der Waals surface area contributed by atoms with Crippen LogP contribution in [-0.4, -0.2) is 15.9 Å². The minimum absolute atomic E-state index is 0.0259. The fraction of sp³-hybridized carbons (Fsp3) is 0.346. The maximum Gasteiger partial charge on any atom is 0.255 e. The number of hydrogen-bond donors (Lipinski definition) is 1. The summed E-state index contributed by atoms with van der Waals surface area (Å²) in [6.07, 6.45) is 4.49. The molecule has 1 heterocycles. The van der Waals surface area contributed by atoms with Crippen molar-refractivity contribution in [3.05, 3.63) is 83.1 Å². The molecule has 6 heteroatoms. The maximum absolute atomic E-state index is 14.3. The summed E-state index contributed by atoms with van der Waals surface area (Å²) in [4.78, 5) is 21.0. The molecule has 0 spiro atoms. The van der Waals surface area contributed by atoms with E-state index in [4.69, 9.17) is 4.74 Å². The highest BCUT2D eigenvalue weighted by atomic mass is 19.1. The number of rotatable bonds is 5. The van der Waals surface area contributed by atoms with E-state index in [1.807, 2.05) is 12.1 Å². The summed E-state index contributed by atoms with van der Waals surface area (Å²) in [5.41, 5.74) is 3.36. The van der Waals surface area contributed by atoms with E-state index in [0.717, 1.165) is 11.1 Å². The second kappa shape index (κ2) is 9.07. The lowest BCUT2D eigenvalue weighted by Crippen LogP contribution is -2.20. The number of nitrogens with zero attached hydrogens (tertiary/aromatic N) is 2. The molecule has 0 unspecified atom stereocenters. The topological polar surface area (TPSA) is 64.1 Å². The largest absolute Gasteiger partial charge is 0.472 e. The van der Waals surface area contributed by atoms with Crippen LogP contribution >= 0.6 is 0 Å². The molecule has 0 aliphatic rings. The number of aromatic nitrogens is 2. The predicted octanol–water partition coefficient (Wildman–Crippen LogP) is 6.04. The van der Waals surface area contributed by atoms with E-state index in [1.54, 1.807) is 6.07 Å². The molecule has 3 rings (SSSR count). The predicted molar refractivity (Wildman–Crippen MR) is 125 cm³/mol. The quantitative estimate of drug-likeness (QED) is 0.530. The van der Waals surface area contributed by atoms with Gasteiger partial charge in [-0.1, -0.05) is 47.6 Å². The van der Waals surface area contributed by atoms with E-state index in [9.17, 15) is 9.18 Å². The van der Waals surface area contributed by atoms with E-state index in [-0.39, 0.29) is 23.3 Å². The summed E-state index contributed by atoms with van der Waals surface area (Å²) in [5, 5.41) is 2.89. The first-order valence-electron chi connectivity index (χ1n) is 10.6. The summed E-state index contributed by atoms with van der Waals surface area (Å²) in [6, 6.07) is 10.4. The molecule has 2 aromatic carbocycles. The highest BCUT2D eigenvalue weighted by Gasteiger charge is 2.22. The van der Waals surface area contributed by atoms with Gasteiger partial charge in [0, 0.05) is 29.2 Å². The van der Waals surface area contributed by atoms with Crippen LogP contribution in [0.1, 0.15) is 68.6 Å². The van der Waals surface area contributed by atoms with Crippen LogP contribution < -0.4 is 10.1 Å². The van der Waals surface area contributed by atoms with Crippen molar-refractivity contribution < 1.29 is 13.9 Å². The second-order valence-corrected chi connectivity index (χ2v) is 9.89. The summed E-state index contributed by atoms with van der Waals surface area (Å²) in [6.45, 7) is 12.7. The number of ether oxygens (including phenoxy) is 1. The Kier molecular flexibility index (Phi) is 6.63. The molecule has 0 saturated carbocycles. The van der Waals surface area contributed by atoms with Gasteiger partial charge in [0.05, 0.1) is 6.20 Å². The summed E-state index contributed by atoms with van der Waals surface area (Å²) >= 11 is 0. The number of carbonyl (C=O) groups is 1. The molecule has 3 aromatic rings. The zero-order chi connectivity index (χ0) is 23.5. The van der Waals surface area contributed by atoms with Crippen LogP contribution in [-0.2, 0) is 17.4 Å². The molecule has 1 aromatic heterocycles. The van der Waals surface area contributed by atoms with Gasteiger partial charge in [0.1, 0.15) is 12.4 Å². The molecule has 1 N–H and O–H groups in total. The number of benzene rings is 2. The van der Waals surface area contributed by atoms with Crippen molar-refractivity contribution in [2.45, 2.75) is 59.0 Å². The fourth-order valence-electron chi connectivity index (χ4n) is 3.10. The normalized spacial score (nSPS) is 11.8. The average molecular weight is 436 g/mol. The highest BCUT2D eigenvalue weighted by Crippen LogP contribution is 2.30. The van der Waals surface area contributed by atoms with Crippen LogP contribution in [0.2, 0.25) is 0 Å². The zero-order valence-electron chi connectivity index (χ0n) is 19.5. The smallest absolute Gasteiger partial charge is 0.255 e. The first-order chi connectivity index (χ1) is 14.9. The number of halogens is 1. The van der Waals surface area contributed by atoms with Gasteiger partial charge in [-0.25, -0.2) is 9.37 Å². The van der Waals surface area contributed by atoms with Gasteiger partial charge in [-0.3, -0.25) is 9.78 Å². The van der Waals surface area contributed by atoms with Gasteiger partial charge in [-0.05, 0) is 52.3 Å². The lowest BCUT2D eigenvalue weighted by Gasteiger charge is -2.26. The Labute approximate surface area is 189 Å². The molecule has 0 aliphatic carbocycles. The molecular formula is C26H30FN3O2. The molecule has 0 bridgehead atoms. The maximum atomic E-state index is 14.3. The molecular weight excluding hydrogens is 405 g/mol. The molecule has 5 nitrogen and oxygen atoms in total. The van der Waals surface area contributed by atoms with Crippen molar-refractivity contribution in [2.75, 3.05) is 5.32 Å². The van der Waals surface area contributed by atoms with E-state index in [2.05, 4.69) is 62.9 Å². The molecule has 32 heavy (non-hydrogen) atoms. The minimum atomic E-state index is -0.420. The molecule has 0 atom stereocenters. The summed E-state index contributed by atoms with van der Waals surface area (Å²) < 4.78 is 19.8. The van der Waals surface area contributed by atoms with Crippen molar-refractivity contribution in [1.29, 1.82) is 0 Å². The van der Waals surface area contributed by atoms with Gasteiger partial charge in [-0.2, -0.15) is 0 Å². The number of hydrogen-bond acceptors (Lipinski definition) is 4. The number of nitrogens with one attached hydrogen (secondary N) is 1. The van der Waals surface area contributed by atoms with Crippen LogP contribution in [0.15, 0.2) is 55.0 Å². The third-order valence-corrected chi connectivity index (χ3v) is 5.15. The van der Waals surface area contributed by atoms with Crippen LogP contribution in [0.5, 0.6) is 5.88 Å². The van der Waals surface area contributed by atoms with Crippen molar-refractivity contribution in [1.82, 2.24) is 9.97 Å². The third-order valence-electron chi connectivity index (χ3n) is 5.15. The molecule has 0 fully saturated rings. The SMILES string of the molecule is CC(C)(C)c1cc(C(=O)Nc2ccc(F)c(COc3cnccn3)c2)cc(C(C)(C)C)c1. The standard InChI is InChI=1S/C26H30FN3O2/c1-25(2,3)19-11-17(12-20(14-19)26(4,5)6)24(31)30-21-7-8-22(27)18(13-21)16-32-23-15-28-9-10-29-23/h7-15H,16H2,1-6H3,(H,30,31). The lowest BCUT2D eigenvalue weighted by atomic mass is 9.79. The van der Waals surface area contributed by atoms with Gasteiger partial charge in [0.25, 0.3) is 5.91 Å². The lowest BCUT2D eigenvalue weighted by molar-refractivity contribution is 0.102. The van der Waals surface area contributed by atoms with Crippen LogP contribution in [0.3, 0.4) is 0 Å². The number of carbonyl (C=O) groups excluding carboxylic acids is 1. The Morgan fingerprint density at radius 1 is 0.969 bits per heavy atom. The highest BCUT2D eigenvalue weighted by molar-refractivity contribution is 6.04. The van der Waals surface area contributed by atoms with E-state index < -0.39 is 5.82 Å². The van der Waals surface area contributed by atoms with Crippen LogP contribution in [0, 0.1) is 5.82 Å². The number of amides is 1. The van der Waals surface area contributed by atoms with E-state index in [0.29, 0.717) is 22.7 Å². The Morgan fingerprint density at radius 3 is 2.19 bits per heavy atom. The molecule has 0 saturated heterocycles. The molecule has 1 amide bonds. The first-order valence-corrected chi connectivity index (χ1v) is 10.6. The fourth-order valence-corrected chi connectivity index (χ4v) is 3.10. The zero-order valence-corrected chi connectivity index (χ0v) is 19.5. The van der Waals surface area contributed by atoms with Crippen LogP contribution in [0.25, 0.3) is 0 Å². The monoisotopic (exact) mass is 435 g/mol. The molecule has 0 radical (unpaired) electrons. The Morgan fingerprint density at radius 2 is 1.62 bits per heavy atom.